The largest absolute Gasteiger partial charge is 0.382 e. The van der Waals surface area contributed by atoms with Crippen LogP contribution in [0.2, 0.25) is 0 Å². The van der Waals surface area contributed by atoms with Crippen molar-refractivity contribution in [1.82, 2.24) is 0 Å². The summed E-state index contributed by atoms with van der Waals surface area (Å²) in [6, 6.07) is 0. The van der Waals surface area contributed by atoms with Crippen molar-refractivity contribution < 1.29 is 9.66 Å². The normalized spacial score (nSPS) is 15.6. The minimum Gasteiger partial charge on any atom is -0.382 e. The van der Waals surface area contributed by atoms with Gasteiger partial charge in [-0.3, -0.25) is 10.1 Å². The first-order valence-electron chi connectivity index (χ1n) is 4.24. The highest BCUT2D eigenvalue weighted by Gasteiger charge is 2.16. The predicted octanol–water partition coefficient (Wildman–Crippen LogP) is 1.71. The van der Waals surface area contributed by atoms with Gasteiger partial charge < -0.3 is 4.74 Å². The number of hydrogen-bond donors (Lipinski definition) is 0. The third-order valence-corrected chi connectivity index (χ3v) is 2.05. The van der Waals surface area contributed by atoms with Crippen molar-refractivity contribution >= 4 is 0 Å². The Hall–Kier alpha value is -0.640. The minimum absolute atomic E-state index is 0.0597. The summed E-state index contributed by atoms with van der Waals surface area (Å²) in [6.07, 6.45) is 1.73. The molecule has 0 N–H and O–H groups in total. The summed E-state index contributed by atoms with van der Waals surface area (Å²) in [4.78, 5) is 9.95. The van der Waals surface area contributed by atoms with Crippen molar-refractivity contribution in [2.45, 2.75) is 32.8 Å². The average molecular weight is 175 g/mol. The van der Waals surface area contributed by atoms with E-state index in [4.69, 9.17) is 4.74 Å². The molecule has 0 aromatic rings. The first-order valence-corrected chi connectivity index (χ1v) is 4.24. The fraction of sp³-hybridized carbons (Fsp3) is 1.00. The number of nitro groups is 1. The second kappa shape index (κ2) is 5.94. The summed E-state index contributed by atoms with van der Waals surface area (Å²) in [7, 11) is 1.63. The minimum atomic E-state index is -0.253. The van der Waals surface area contributed by atoms with Crippen LogP contribution < -0.4 is 0 Å². The Morgan fingerprint density at radius 3 is 2.50 bits per heavy atom. The zero-order valence-corrected chi connectivity index (χ0v) is 7.95. The molecule has 0 heterocycles. The van der Waals surface area contributed by atoms with Crippen molar-refractivity contribution in [2.24, 2.45) is 5.92 Å². The maximum Gasteiger partial charge on any atom is 0.206 e. The van der Waals surface area contributed by atoms with Crippen molar-refractivity contribution in [3.05, 3.63) is 10.1 Å². The molecule has 0 fully saturated rings. The fourth-order valence-electron chi connectivity index (χ4n) is 1.15. The lowest BCUT2D eigenvalue weighted by Gasteiger charge is -2.14. The summed E-state index contributed by atoms with van der Waals surface area (Å²) in [6.45, 7) is 3.96. The van der Waals surface area contributed by atoms with Gasteiger partial charge in [-0.1, -0.05) is 6.92 Å². The Labute approximate surface area is 73.1 Å². The summed E-state index contributed by atoms with van der Waals surface area (Å²) >= 11 is 0. The monoisotopic (exact) mass is 175 g/mol. The highest BCUT2D eigenvalue weighted by atomic mass is 16.6. The lowest BCUT2D eigenvalue weighted by atomic mass is 10.00. The van der Waals surface area contributed by atoms with Crippen LogP contribution in [0, 0.1) is 16.0 Å². The van der Waals surface area contributed by atoms with Gasteiger partial charge >= 0.3 is 0 Å². The molecule has 0 saturated carbocycles. The molecule has 2 atom stereocenters. The highest BCUT2D eigenvalue weighted by molar-refractivity contribution is 4.60. The molecule has 0 aromatic heterocycles. The molecule has 0 radical (unpaired) electrons. The number of methoxy groups -OCH3 is 1. The van der Waals surface area contributed by atoms with Crippen molar-refractivity contribution in [1.29, 1.82) is 0 Å². The first kappa shape index (κ1) is 11.4. The molecule has 1 unspecified atom stereocenters. The van der Waals surface area contributed by atoms with Crippen LogP contribution >= 0.6 is 0 Å². The molecule has 0 aromatic carbocycles. The van der Waals surface area contributed by atoms with Gasteiger partial charge in [0.2, 0.25) is 6.54 Å². The van der Waals surface area contributed by atoms with Gasteiger partial charge in [0.15, 0.2) is 0 Å². The summed E-state index contributed by atoms with van der Waals surface area (Å²) in [5.74, 6) is 0.148. The molecular formula is C8H17NO3. The molecule has 12 heavy (non-hydrogen) atoms. The summed E-state index contributed by atoms with van der Waals surface area (Å²) in [5.41, 5.74) is 0. The Balaban J connectivity index is 3.74. The van der Waals surface area contributed by atoms with E-state index in [2.05, 4.69) is 0 Å². The second-order valence-electron chi connectivity index (χ2n) is 3.07. The van der Waals surface area contributed by atoms with E-state index in [1.54, 1.807) is 7.11 Å². The smallest absolute Gasteiger partial charge is 0.206 e. The van der Waals surface area contributed by atoms with Crippen LogP contribution in [0.5, 0.6) is 0 Å². The van der Waals surface area contributed by atoms with Crippen LogP contribution in [0.4, 0.5) is 0 Å². The molecule has 0 amide bonds. The Kier molecular flexibility index (Phi) is 5.62. The molecule has 0 saturated heterocycles. The molecule has 0 aliphatic rings. The van der Waals surface area contributed by atoms with Gasteiger partial charge in [-0.05, 0) is 19.8 Å². The van der Waals surface area contributed by atoms with Crippen molar-refractivity contribution in [3.8, 4) is 0 Å². The van der Waals surface area contributed by atoms with Crippen molar-refractivity contribution in [2.75, 3.05) is 13.7 Å². The SMILES string of the molecule is CC[C@H](CC(C)OC)C[N+](=O)[O-]. The lowest BCUT2D eigenvalue weighted by Crippen LogP contribution is -2.19. The second-order valence-corrected chi connectivity index (χ2v) is 3.07. The predicted molar refractivity (Wildman–Crippen MR) is 46.7 cm³/mol. The van der Waals surface area contributed by atoms with Gasteiger partial charge in [-0.25, -0.2) is 0 Å². The highest BCUT2D eigenvalue weighted by Crippen LogP contribution is 2.12. The van der Waals surface area contributed by atoms with Gasteiger partial charge in [0, 0.05) is 18.0 Å². The molecule has 0 rings (SSSR count). The average Bonchev–Trinajstić information content (AvgIpc) is 2.02. The first-order chi connectivity index (χ1) is 5.60. The van der Waals surface area contributed by atoms with E-state index in [-0.39, 0.29) is 23.5 Å². The van der Waals surface area contributed by atoms with Crippen LogP contribution in [-0.2, 0) is 4.74 Å². The van der Waals surface area contributed by atoms with Crippen LogP contribution in [0.25, 0.3) is 0 Å². The molecule has 72 valence electrons. The molecule has 0 spiro atoms. The zero-order valence-electron chi connectivity index (χ0n) is 7.95. The van der Waals surface area contributed by atoms with Gasteiger partial charge in [0.25, 0.3) is 0 Å². The van der Waals surface area contributed by atoms with E-state index >= 15 is 0 Å². The number of nitrogens with zero attached hydrogens (tertiary/aromatic N) is 1. The Morgan fingerprint density at radius 1 is 1.58 bits per heavy atom. The topological polar surface area (TPSA) is 52.4 Å². The van der Waals surface area contributed by atoms with E-state index in [1.807, 2.05) is 13.8 Å². The standard InChI is InChI=1S/C8H17NO3/c1-4-8(6-9(10)11)5-7(2)12-3/h7-8H,4-6H2,1-3H3/t7?,8-/m1/s1. The van der Waals surface area contributed by atoms with E-state index in [9.17, 15) is 10.1 Å². The molecule has 0 aliphatic heterocycles. The third kappa shape index (κ3) is 5.07. The maximum absolute atomic E-state index is 10.2. The van der Waals surface area contributed by atoms with Crippen LogP contribution in [0.1, 0.15) is 26.7 Å². The van der Waals surface area contributed by atoms with E-state index in [0.717, 1.165) is 12.8 Å². The van der Waals surface area contributed by atoms with E-state index < -0.39 is 0 Å². The Bertz CT molecular complexity index is 138. The third-order valence-electron chi connectivity index (χ3n) is 2.05. The Morgan fingerprint density at radius 2 is 2.17 bits per heavy atom. The van der Waals surface area contributed by atoms with Gasteiger partial charge in [0.1, 0.15) is 0 Å². The number of rotatable bonds is 6. The molecule has 0 bridgehead atoms. The number of ether oxygens (including phenoxy) is 1. The molecular weight excluding hydrogens is 158 g/mol. The molecule has 4 heteroatoms. The van der Waals surface area contributed by atoms with Gasteiger partial charge in [-0.15, -0.1) is 0 Å². The van der Waals surface area contributed by atoms with E-state index in [0.29, 0.717) is 0 Å². The summed E-state index contributed by atoms with van der Waals surface area (Å²) < 4.78 is 5.04. The van der Waals surface area contributed by atoms with Gasteiger partial charge in [0.05, 0.1) is 6.10 Å². The van der Waals surface area contributed by atoms with Crippen molar-refractivity contribution in [3.63, 3.8) is 0 Å². The quantitative estimate of drug-likeness (QED) is 0.456. The van der Waals surface area contributed by atoms with Crippen LogP contribution in [0.15, 0.2) is 0 Å². The molecule has 0 aliphatic carbocycles. The molecule has 4 nitrogen and oxygen atoms in total. The lowest BCUT2D eigenvalue weighted by molar-refractivity contribution is -0.488. The van der Waals surface area contributed by atoms with Gasteiger partial charge in [-0.2, -0.15) is 0 Å². The zero-order chi connectivity index (χ0) is 9.56. The maximum atomic E-state index is 10.2. The fourth-order valence-corrected chi connectivity index (χ4v) is 1.15. The van der Waals surface area contributed by atoms with E-state index in [1.165, 1.54) is 0 Å². The van der Waals surface area contributed by atoms with Crippen LogP contribution in [0.3, 0.4) is 0 Å². The van der Waals surface area contributed by atoms with Crippen LogP contribution in [-0.4, -0.2) is 24.7 Å². The summed E-state index contributed by atoms with van der Waals surface area (Å²) in [5, 5.41) is 10.2. The number of hydrogen-bond acceptors (Lipinski definition) is 3.